The molecule has 9 nitrogen and oxygen atoms in total. The zero-order valence-electron chi connectivity index (χ0n) is 21.4. The Morgan fingerprint density at radius 1 is 1.08 bits per heavy atom. The predicted octanol–water partition coefficient (Wildman–Crippen LogP) is 3.89. The molecule has 204 valence electrons. The number of hydrogen-bond acceptors (Lipinski definition) is 6. The van der Waals surface area contributed by atoms with Crippen LogP contribution in [0.15, 0.2) is 17.3 Å². The summed E-state index contributed by atoms with van der Waals surface area (Å²) in [6.45, 7) is 5.14. The molecule has 0 radical (unpaired) electrons. The summed E-state index contributed by atoms with van der Waals surface area (Å²) < 4.78 is 34.8. The third kappa shape index (κ3) is 7.09. The number of benzene rings is 1. The number of likely N-dealkylation sites (tertiary alicyclic amines) is 2. The molecule has 0 aromatic heterocycles. The number of aliphatic hydroxyl groups excluding tert-OH is 1. The molecular weight excluding hydrogens is 486 g/mol. The van der Waals surface area contributed by atoms with Gasteiger partial charge in [0.1, 0.15) is 17.7 Å². The molecule has 2 heterocycles. The molecule has 37 heavy (non-hydrogen) atoms. The Morgan fingerprint density at radius 2 is 1.76 bits per heavy atom. The Bertz CT molecular complexity index is 997. The smallest absolute Gasteiger partial charge is 0.410 e. The fourth-order valence-electron chi connectivity index (χ4n) is 4.88. The number of piperidine rings is 1. The molecule has 0 unspecified atom stereocenters. The number of carbonyl (C=O) groups excluding carboxylic acids is 2. The van der Waals surface area contributed by atoms with Crippen molar-refractivity contribution in [1.29, 1.82) is 0 Å². The number of hydrogen-bond donors (Lipinski definition) is 2. The van der Waals surface area contributed by atoms with E-state index in [0.717, 1.165) is 11.8 Å². The summed E-state index contributed by atoms with van der Waals surface area (Å²) in [4.78, 5) is 32.8. The maximum absolute atomic E-state index is 14.9. The van der Waals surface area contributed by atoms with E-state index in [2.05, 4.69) is 10.5 Å². The Balaban J connectivity index is 1.22. The molecule has 2 aliphatic heterocycles. The standard InChI is InChI=1S/C26H36F2N4O5/c1-16(2)36-26(35)31-9-7-21(8-10-31)37-30-19-5-3-17(4-6-19)22-12-23(27)18(11-24(22)28)13-29-25(34)32-14-20(33)15-32/h11-12,16-17,20-21,33H,3-10,13-15H2,1-2H3,(H,29,34). The van der Waals surface area contributed by atoms with Gasteiger partial charge in [-0.15, -0.1) is 0 Å². The first-order valence-electron chi connectivity index (χ1n) is 13.1. The van der Waals surface area contributed by atoms with Gasteiger partial charge < -0.3 is 29.8 Å². The van der Waals surface area contributed by atoms with Gasteiger partial charge in [0.25, 0.3) is 0 Å². The molecule has 1 aliphatic carbocycles. The molecule has 1 aromatic rings. The van der Waals surface area contributed by atoms with Crippen LogP contribution >= 0.6 is 0 Å². The first kappa shape index (κ1) is 27.1. The van der Waals surface area contributed by atoms with Crippen molar-refractivity contribution in [1.82, 2.24) is 15.1 Å². The number of nitrogens with one attached hydrogen (secondary N) is 1. The lowest BCUT2D eigenvalue weighted by atomic mass is 9.82. The van der Waals surface area contributed by atoms with Gasteiger partial charge in [0.2, 0.25) is 0 Å². The molecule has 1 saturated carbocycles. The van der Waals surface area contributed by atoms with Crippen molar-refractivity contribution in [2.24, 2.45) is 5.16 Å². The van der Waals surface area contributed by atoms with Crippen LogP contribution in [-0.2, 0) is 16.1 Å². The Hall–Kier alpha value is -2.95. The van der Waals surface area contributed by atoms with Crippen molar-refractivity contribution < 1.29 is 33.1 Å². The van der Waals surface area contributed by atoms with Gasteiger partial charge in [0.15, 0.2) is 0 Å². The summed E-state index contributed by atoms with van der Waals surface area (Å²) >= 11 is 0. The quantitative estimate of drug-likeness (QED) is 0.552. The van der Waals surface area contributed by atoms with Crippen LogP contribution in [0.3, 0.4) is 0 Å². The predicted molar refractivity (Wildman–Crippen MR) is 132 cm³/mol. The van der Waals surface area contributed by atoms with Crippen LogP contribution in [0.25, 0.3) is 0 Å². The SMILES string of the molecule is CC(C)OC(=O)N1CCC(ON=C2CCC(c3cc(F)c(CNC(=O)N4CC(O)C4)cc3F)CC2)CC1. The number of oxime groups is 1. The van der Waals surface area contributed by atoms with Gasteiger partial charge in [-0.3, -0.25) is 0 Å². The second-order valence-electron chi connectivity index (χ2n) is 10.3. The number of aliphatic hydroxyl groups is 1. The number of carbonyl (C=O) groups is 2. The first-order valence-corrected chi connectivity index (χ1v) is 13.1. The van der Waals surface area contributed by atoms with E-state index in [4.69, 9.17) is 9.57 Å². The highest BCUT2D eigenvalue weighted by molar-refractivity contribution is 5.84. The van der Waals surface area contributed by atoms with Gasteiger partial charge in [0, 0.05) is 38.0 Å². The van der Waals surface area contributed by atoms with Crippen molar-refractivity contribution >= 4 is 17.8 Å². The van der Waals surface area contributed by atoms with Crippen molar-refractivity contribution in [2.45, 2.75) is 83.1 Å². The van der Waals surface area contributed by atoms with E-state index in [-0.39, 0.29) is 49.4 Å². The van der Waals surface area contributed by atoms with E-state index in [1.54, 1.807) is 4.90 Å². The van der Waals surface area contributed by atoms with Crippen LogP contribution in [-0.4, -0.2) is 77.2 Å². The van der Waals surface area contributed by atoms with Crippen molar-refractivity contribution in [2.75, 3.05) is 26.2 Å². The molecule has 11 heteroatoms. The molecular formula is C26H36F2N4O5. The fraction of sp³-hybridized carbons (Fsp3) is 0.654. The van der Waals surface area contributed by atoms with Crippen LogP contribution < -0.4 is 5.32 Å². The number of nitrogens with zero attached hydrogens (tertiary/aromatic N) is 3. The van der Waals surface area contributed by atoms with Gasteiger partial charge >= 0.3 is 12.1 Å². The van der Waals surface area contributed by atoms with Crippen molar-refractivity contribution in [3.05, 3.63) is 34.9 Å². The highest BCUT2D eigenvalue weighted by atomic mass is 19.1. The van der Waals surface area contributed by atoms with E-state index < -0.39 is 23.8 Å². The summed E-state index contributed by atoms with van der Waals surface area (Å²) in [6, 6.07) is 1.99. The van der Waals surface area contributed by atoms with Crippen molar-refractivity contribution in [3.63, 3.8) is 0 Å². The number of urea groups is 1. The fourth-order valence-corrected chi connectivity index (χ4v) is 4.88. The minimum Gasteiger partial charge on any atom is -0.447 e. The van der Waals surface area contributed by atoms with E-state index in [9.17, 15) is 23.5 Å². The Morgan fingerprint density at radius 3 is 2.38 bits per heavy atom. The Labute approximate surface area is 215 Å². The summed E-state index contributed by atoms with van der Waals surface area (Å²) in [5.74, 6) is -1.14. The van der Waals surface area contributed by atoms with Gasteiger partial charge in [-0.2, -0.15) is 0 Å². The van der Waals surface area contributed by atoms with Crippen LogP contribution in [0.4, 0.5) is 18.4 Å². The average molecular weight is 523 g/mol. The lowest BCUT2D eigenvalue weighted by Crippen LogP contribution is -2.56. The largest absolute Gasteiger partial charge is 0.447 e. The lowest BCUT2D eigenvalue weighted by molar-refractivity contribution is 0.00403. The van der Waals surface area contributed by atoms with E-state index in [1.807, 2.05) is 13.8 Å². The summed E-state index contributed by atoms with van der Waals surface area (Å²) in [5.41, 5.74) is 1.35. The van der Waals surface area contributed by atoms with E-state index in [0.29, 0.717) is 57.2 Å². The zero-order chi connectivity index (χ0) is 26.5. The molecule has 2 N–H and O–H groups in total. The van der Waals surface area contributed by atoms with Crippen molar-refractivity contribution in [3.8, 4) is 0 Å². The molecule has 3 aliphatic rings. The third-order valence-corrected chi connectivity index (χ3v) is 7.12. The Kier molecular flexibility index (Phi) is 8.83. The average Bonchev–Trinajstić information content (AvgIpc) is 2.86. The first-order chi connectivity index (χ1) is 17.7. The zero-order valence-corrected chi connectivity index (χ0v) is 21.4. The van der Waals surface area contributed by atoms with Crippen LogP contribution in [0.1, 0.15) is 69.4 Å². The third-order valence-electron chi connectivity index (χ3n) is 7.12. The summed E-state index contributed by atoms with van der Waals surface area (Å²) in [5, 5.41) is 16.2. The summed E-state index contributed by atoms with van der Waals surface area (Å²) in [7, 11) is 0. The van der Waals surface area contributed by atoms with Gasteiger partial charge in [-0.1, -0.05) is 5.16 Å². The second kappa shape index (κ2) is 12.1. The van der Waals surface area contributed by atoms with Crippen LogP contribution in [0.2, 0.25) is 0 Å². The van der Waals surface area contributed by atoms with E-state index >= 15 is 0 Å². The van der Waals surface area contributed by atoms with Gasteiger partial charge in [-0.25, -0.2) is 18.4 Å². The van der Waals surface area contributed by atoms with Crippen LogP contribution in [0.5, 0.6) is 0 Å². The highest BCUT2D eigenvalue weighted by Crippen LogP contribution is 2.34. The molecule has 4 rings (SSSR count). The number of rotatable bonds is 6. The number of β-amino-alcohol motifs (C(OH)–C–C–N with tert-alkyl or cyclic N) is 1. The topological polar surface area (TPSA) is 104 Å². The van der Waals surface area contributed by atoms with Gasteiger partial charge in [-0.05, 0) is 63.1 Å². The monoisotopic (exact) mass is 522 g/mol. The maximum atomic E-state index is 14.9. The lowest BCUT2D eigenvalue weighted by Gasteiger charge is -2.35. The van der Waals surface area contributed by atoms with Crippen LogP contribution in [0, 0.1) is 11.6 Å². The summed E-state index contributed by atoms with van der Waals surface area (Å²) in [6.07, 6.45) is 2.92. The van der Waals surface area contributed by atoms with Gasteiger partial charge in [0.05, 0.1) is 31.0 Å². The van der Waals surface area contributed by atoms with E-state index in [1.165, 1.54) is 11.0 Å². The normalized spacial score (nSPS) is 21.0. The molecule has 3 amide bonds. The minimum atomic E-state index is -0.549. The molecule has 3 fully saturated rings. The molecule has 0 bridgehead atoms. The highest BCUT2D eigenvalue weighted by Gasteiger charge is 2.29. The number of ether oxygens (including phenoxy) is 1. The molecule has 0 atom stereocenters. The molecule has 1 aromatic carbocycles. The number of amides is 3. The molecule has 0 spiro atoms. The molecule has 2 saturated heterocycles. The maximum Gasteiger partial charge on any atom is 0.410 e. The second-order valence-corrected chi connectivity index (χ2v) is 10.3. The number of halogens is 2. The minimum absolute atomic E-state index is 0.0564.